The van der Waals surface area contributed by atoms with Gasteiger partial charge in [-0.25, -0.2) is 4.98 Å². The molecule has 172 valence electrons. The fourth-order valence-corrected chi connectivity index (χ4v) is 4.85. The van der Waals surface area contributed by atoms with E-state index in [4.69, 9.17) is 10.2 Å². The van der Waals surface area contributed by atoms with Crippen LogP contribution in [0.1, 0.15) is 25.8 Å². The highest BCUT2D eigenvalue weighted by molar-refractivity contribution is 6.00. The van der Waals surface area contributed by atoms with Crippen LogP contribution >= 0.6 is 0 Å². The summed E-state index contributed by atoms with van der Waals surface area (Å²) in [6.07, 6.45) is 9.32. The van der Waals surface area contributed by atoms with Gasteiger partial charge in [-0.2, -0.15) is 10.2 Å². The summed E-state index contributed by atoms with van der Waals surface area (Å²) in [5.74, 6) is 1.22. The highest BCUT2D eigenvalue weighted by atomic mass is 16.3. The number of nitrogen functional groups attached to an aromatic ring is 1. The van der Waals surface area contributed by atoms with Crippen molar-refractivity contribution in [3.63, 3.8) is 0 Å². The highest BCUT2D eigenvalue weighted by Crippen LogP contribution is 2.37. The Balaban J connectivity index is 1.35. The van der Waals surface area contributed by atoms with Crippen molar-refractivity contribution >= 4 is 33.6 Å². The Morgan fingerprint density at radius 3 is 2.71 bits per heavy atom. The van der Waals surface area contributed by atoms with Gasteiger partial charge in [0.15, 0.2) is 11.4 Å². The third kappa shape index (κ3) is 3.32. The summed E-state index contributed by atoms with van der Waals surface area (Å²) in [4.78, 5) is 17.9. The van der Waals surface area contributed by atoms with E-state index in [1.165, 1.54) is 0 Å². The lowest BCUT2D eigenvalue weighted by Crippen LogP contribution is -2.37. The van der Waals surface area contributed by atoms with Crippen molar-refractivity contribution in [2.24, 2.45) is 7.05 Å². The number of likely N-dealkylation sites (tertiary alicyclic amines) is 1. The minimum Gasteiger partial charge on any atom is -0.452 e. The van der Waals surface area contributed by atoms with Crippen LogP contribution in [0.2, 0.25) is 0 Å². The van der Waals surface area contributed by atoms with E-state index >= 15 is 0 Å². The van der Waals surface area contributed by atoms with Gasteiger partial charge in [0.2, 0.25) is 5.91 Å². The Hall–Kier alpha value is -4.14. The number of carbonyl (C=O) groups excluding carboxylic acids is 1. The molecule has 1 amide bonds. The fraction of sp³-hybridized carbons (Fsp3) is 0.280. The predicted octanol–water partition coefficient (Wildman–Crippen LogP) is 4.01. The fourth-order valence-electron chi connectivity index (χ4n) is 4.85. The number of amides is 1. The maximum Gasteiger partial charge on any atom is 0.219 e. The molecule has 4 aromatic heterocycles. The third-order valence-electron chi connectivity index (χ3n) is 6.81. The van der Waals surface area contributed by atoms with Crippen LogP contribution in [0.15, 0.2) is 53.5 Å². The first-order chi connectivity index (χ1) is 16.5. The number of hydrogen-bond acceptors (Lipinski definition) is 6. The second-order valence-electron chi connectivity index (χ2n) is 8.90. The van der Waals surface area contributed by atoms with Crippen molar-refractivity contribution in [3.8, 4) is 22.5 Å². The molecule has 1 aliphatic heterocycles. The second-order valence-corrected chi connectivity index (χ2v) is 8.90. The molecule has 0 unspecified atom stereocenters. The largest absolute Gasteiger partial charge is 0.452 e. The zero-order valence-corrected chi connectivity index (χ0v) is 19.1. The van der Waals surface area contributed by atoms with Gasteiger partial charge < -0.3 is 15.1 Å². The summed E-state index contributed by atoms with van der Waals surface area (Å²) in [5.41, 5.74) is 10.6. The van der Waals surface area contributed by atoms with E-state index in [1.807, 2.05) is 51.9 Å². The highest BCUT2D eigenvalue weighted by Gasteiger charge is 2.23. The van der Waals surface area contributed by atoms with E-state index in [2.05, 4.69) is 27.4 Å². The Morgan fingerprint density at radius 1 is 1.09 bits per heavy atom. The first kappa shape index (κ1) is 20.5. The molecule has 9 heteroatoms. The van der Waals surface area contributed by atoms with Crippen LogP contribution in [0.4, 0.5) is 5.82 Å². The van der Waals surface area contributed by atoms with Crippen molar-refractivity contribution in [3.05, 3.63) is 49.1 Å². The molecule has 0 spiro atoms. The molecule has 0 atom stereocenters. The van der Waals surface area contributed by atoms with E-state index in [9.17, 15) is 4.79 Å². The standard InChI is InChI=1S/C25H25N7O2/c1-15(33)31-7-5-19(6-8-31)32-14-18(12-29-32)21-13-27-25(26)24-20(21)10-23(34-24)16-3-4-22-17(9-16)11-28-30(22)2/h3-4,9-14,19H,5-8H2,1-2H3,(H2,26,27). The number of nitrogens with two attached hydrogens (primary N) is 1. The van der Waals surface area contributed by atoms with Crippen LogP contribution in [0.5, 0.6) is 0 Å². The summed E-state index contributed by atoms with van der Waals surface area (Å²) in [5, 5.41) is 10.9. The Labute approximate surface area is 195 Å². The van der Waals surface area contributed by atoms with Crippen LogP contribution in [0, 0.1) is 0 Å². The van der Waals surface area contributed by atoms with Gasteiger partial charge in [0.1, 0.15) is 5.76 Å². The number of pyridine rings is 1. The summed E-state index contributed by atoms with van der Waals surface area (Å²) in [6, 6.07) is 8.41. The molecule has 6 rings (SSSR count). The van der Waals surface area contributed by atoms with Crippen molar-refractivity contribution in [1.29, 1.82) is 0 Å². The molecule has 1 saturated heterocycles. The van der Waals surface area contributed by atoms with Gasteiger partial charge in [-0.05, 0) is 37.1 Å². The second kappa shape index (κ2) is 7.72. The average Bonchev–Trinajstić information content (AvgIpc) is 3.58. The van der Waals surface area contributed by atoms with Crippen LogP contribution in [-0.2, 0) is 11.8 Å². The van der Waals surface area contributed by atoms with E-state index in [0.29, 0.717) is 11.4 Å². The first-order valence-electron chi connectivity index (χ1n) is 11.4. The van der Waals surface area contributed by atoms with E-state index in [0.717, 1.165) is 64.7 Å². The molecule has 9 nitrogen and oxygen atoms in total. The number of furan rings is 1. The Kier molecular flexibility index (Phi) is 4.65. The molecule has 1 aliphatic rings. The minimum absolute atomic E-state index is 0.133. The molecular weight excluding hydrogens is 430 g/mol. The molecule has 1 fully saturated rings. The number of piperidine rings is 1. The molecule has 0 bridgehead atoms. The maximum atomic E-state index is 11.6. The lowest BCUT2D eigenvalue weighted by Gasteiger charge is -2.31. The van der Waals surface area contributed by atoms with Gasteiger partial charge in [0.05, 0.1) is 24.0 Å². The Morgan fingerprint density at radius 2 is 1.91 bits per heavy atom. The van der Waals surface area contributed by atoms with Gasteiger partial charge in [0.25, 0.3) is 0 Å². The number of anilines is 1. The van der Waals surface area contributed by atoms with Crippen molar-refractivity contribution in [2.45, 2.75) is 25.8 Å². The van der Waals surface area contributed by atoms with Gasteiger partial charge >= 0.3 is 0 Å². The number of nitrogens with zero attached hydrogens (tertiary/aromatic N) is 6. The summed E-state index contributed by atoms with van der Waals surface area (Å²) in [7, 11) is 1.93. The number of aryl methyl sites for hydroxylation is 1. The normalized spacial score (nSPS) is 14.9. The molecule has 5 heterocycles. The molecule has 2 N–H and O–H groups in total. The van der Waals surface area contributed by atoms with E-state index in [1.54, 1.807) is 13.1 Å². The lowest BCUT2D eigenvalue weighted by molar-refractivity contribution is -0.130. The maximum absolute atomic E-state index is 11.6. The smallest absolute Gasteiger partial charge is 0.219 e. The lowest BCUT2D eigenvalue weighted by atomic mass is 10.0. The predicted molar refractivity (Wildman–Crippen MR) is 130 cm³/mol. The van der Waals surface area contributed by atoms with E-state index in [-0.39, 0.29) is 11.9 Å². The van der Waals surface area contributed by atoms with Gasteiger partial charge in [0, 0.05) is 66.9 Å². The topological polar surface area (TPSA) is 108 Å². The third-order valence-corrected chi connectivity index (χ3v) is 6.81. The van der Waals surface area contributed by atoms with Gasteiger partial charge in [-0.1, -0.05) is 0 Å². The quantitative estimate of drug-likeness (QED) is 0.440. The number of benzene rings is 1. The van der Waals surface area contributed by atoms with Crippen LogP contribution in [0.3, 0.4) is 0 Å². The zero-order valence-electron chi connectivity index (χ0n) is 19.1. The molecule has 0 saturated carbocycles. The molecule has 34 heavy (non-hydrogen) atoms. The monoisotopic (exact) mass is 455 g/mol. The number of hydrogen-bond donors (Lipinski definition) is 1. The minimum atomic E-state index is 0.133. The first-order valence-corrected chi connectivity index (χ1v) is 11.4. The van der Waals surface area contributed by atoms with Crippen molar-refractivity contribution in [2.75, 3.05) is 18.8 Å². The molecular formula is C25H25N7O2. The summed E-state index contributed by atoms with van der Waals surface area (Å²) >= 11 is 0. The van der Waals surface area contributed by atoms with Crippen molar-refractivity contribution < 1.29 is 9.21 Å². The zero-order chi connectivity index (χ0) is 23.4. The average molecular weight is 456 g/mol. The van der Waals surface area contributed by atoms with Crippen LogP contribution in [-0.4, -0.2) is 48.4 Å². The SMILES string of the molecule is CC(=O)N1CCC(n2cc(-c3cnc(N)c4oc(-c5ccc6c(cnn6C)c5)cc34)cn2)CC1. The molecule has 1 aromatic carbocycles. The van der Waals surface area contributed by atoms with Gasteiger partial charge in [-0.15, -0.1) is 0 Å². The van der Waals surface area contributed by atoms with E-state index < -0.39 is 0 Å². The van der Waals surface area contributed by atoms with Crippen LogP contribution < -0.4 is 5.73 Å². The Bertz CT molecular complexity index is 1540. The number of aromatic nitrogens is 5. The number of fused-ring (bicyclic) bond motifs is 2. The van der Waals surface area contributed by atoms with Crippen LogP contribution in [0.25, 0.3) is 44.3 Å². The number of carbonyl (C=O) groups is 1. The summed E-state index contributed by atoms with van der Waals surface area (Å²) in [6.45, 7) is 3.14. The molecule has 0 aliphatic carbocycles. The molecule has 0 radical (unpaired) electrons. The summed E-state index contributed by atoms with van der Waals surface area (Å²) < 4.78 is 10.0. The number of rotatable bonds is 3. The van der Waals surface area contributed by atoms with Gasteiger partial charge in [-0.3, -0.25) is 14.2 Å². The van der Waals surface area contributed by atoms with Crippen molar-refractivity contribution in [1.82, 2.24) is 29.4 Å². The molecule has 5 aromatic rings.